The lowest BCUT2D eigenvalue weighted by Crippen LogP contribution is -2.47. The van der Waals surface area contributed by atoms with Crippen LogP contribution in [0.25, 0.3) is 0 Å². The van der Waals surface area contributed by atoms with E-state index in [4.69, 9.17) is 0 Å². The molecule has 0 bridgehead atoms. The predicted octanol–water partition coefficient (Wildman–Crippen LogP) is 3.38. The first-order valence-corrected chi connectivity index (χ1v) is 10.3. The third kappa shape index (κ3) is 3.35. The van der Waals surface area contributed by atoms with Gasteiger partial charge in [-0.05, 0) is 63.8 Å². The number of nitrogens with one attached hydrogen (secondary N) is 1. The quantitative estimate of drug-likeness (QED) is 0.905. The zero-order valence-corrected chi connectivity index (χ0v) is 15.2. The molecule has 1 aliphatic heterocycles. The van der Waals surface area contributed by atoms with Gasteiger partial charge in [0.25, 0.3) is 0 Å². The van der Waals surface area contributed by atoms with Crippen LogP contribution in [0.3, 0.4) is 0 Å². The van der Waals surface area contributed by atoms with Crippen LogP contribution in [0, 0.1) is 5.92 Å². The van der Waals surface area contributed by atoms with Crippen LogP contribution in [0.15, 0.2) is 29.2 Å². The largest absolute Gasteiger partial charge is 0.326 e. The normalized spacial score (nSPS) is 25.9. The summed E-state index contributed by atoms with van der Waals surface area (Å²) in [4.78, 5) is 12.3. The number of anilines is 1. The Bertz CT molecular complexity index is 685. The van der Waals surface area contributed by atoms with E-state index in [1.165, 1.54) is 0 Å². The summed E-state index contributed by atoms with van der Waals surface area (Å²) in [5, 5.41) is 2.87. The van der Waals surface area contributed by atoms with Crippen molar-refractivity contribution in [2.45, 2.75) is 69.4 Å². The summed E-state index contributed by atoms with van der Waals surface area (Å²) in [6, 6.07) is 6.61. The summed E-state index contributed by atoms with van der Waals surface area (Å²) in [6.07, 6.45) is 5.88. The van der Waals surface area contributed by atoms with Crippen LogP contribution < -0.4 is 5.32 Å². The van der Waals surface area contributed by atoms with E-state index < -0.39 is 10.0 Å². The van der Waals surface area contributed by atoms with Crippen molar-refractivity contribution in [2.75, 3.05) is 5.32 Å². The van der Waals surface area contributed by atoms with Gasteiger partial charge in [-0.3, -0.25) is 4.79 Å². The van der Waals surface area contributed by atoms with Crippen LogP contribution in [-0.2, 0) is 14.8 Å². The van der Waals surface area contributed by atoms with E-state index in [0.29, 0.717) is 10.6 Å². The first-order valence-electron chi connectivity index (χ1n) is 8.84. The average molecular weight is 350 g/mol. The molecule has 0 aromatic heterocycles. The lowest BCUT2D eigenvalue weighted by molar-refractivity contribution is -0.122. The second kappa shape index (κ2) is 6.84. The molecule has 5 nitrogen and oxygen atoms in total. The second-order valence-corrected chi connectivity index (χ2v) is 8.95. The van der Waals surface area contributed by atoms with Gasteiger partial charge in [0.1, 0.15) is 0 Å². The summed E-state index contributed by atoms with van der Waals surface area (Å²) in [5.74, 6) is 0.151. The molecule has 1 aliphatic carbocycles. The van der Waals surface area contributed by atoms with Crippen LogP contribution >= 0.6 is 0 Å². The highest BCUT2D eigenvalue weighted by molar-refractivity contribution is 7.89. The molecule has 1 saturated heterocycles. The van der Waals surface area contributed by atoms with E-state index in [1.54, 1.807) is 28.6 Å². The molecule has 1 aromatic carbocycles. The summed E-state index contributed by atoms with van der Waals surface area (Å²) >= 11 is 0. The van der Waals surface area contributed by atoms with Crippen LogP contribution in [0.1, 0.15) is 52.4 Å². The highest BCUT2D eigenvalue weighted by Gasteiger charge is 2.35. The van der Waals surface area contributed by atoms with Crippen molar-refractivity contribution in [1.29, 1.82) is 0 Å². The van der Waals surface area contributed by atoms with Crippen LogP contribution in [-0.4, -0.2) is 30.7 Å². The van der Waals surface area contributed by atoms with Gasteiger partial charge < -0.3 is 5.32 Å². The molecule has 24 heavy (non-hydrogen) atoms. The SMILES string of the molecule is C[C@@H]1CCC[C@@H](C)N1S(=O)(=O)c1ccc(NC(=O)C2CCC2)cc1. The number of amides is 1. The fourth-order valence-electron chi connectivity index (χ4n) is 3.62. The Kier molecular flexibility index (Phi) is 4.97. The molecule has 1 amide bonds. The molecule has 6 heteroatoms. The molecule has 1 saturated carbocycles. The molecule has 132 valence electrons. The van der Waals surface area contributed by atoms with Gasteiger partial charge in [0.2, 0.25) is 15.9 Å². The van der Waals surface area contributed by atoms with E-state index in [-0.39, 0.29) is 23.9 Å². The van der Waals surface area contributed by atoms with E-state index >= 15 is 0 Å². The molecular formula is C18H26N2O3S. The maximum Gasteiger partial charge on any atom is 0.243 e. The first kappa shape index (κ1) is 17.4. The molecule has 2 fully saturated rings. The number of benzene rings is 1. The maximum atomic E-state index is 12.9. The maximum absolute atomic E-state index is 12.9. The summed E-state index contributed by atoms with van der Waals surface area (Å²) in [5.41, 5.74) is 0.658. The average Bonchev–Trinajstić information content (AvgIpc) is 2.45. The molecule has 0 spiro atoms. The minimum absolute atomic E-state index is 0.0248. The number of carbonyl (C=O) groups excluding carboxylic acids is 1. The number of carbonyl (C=O) groups is 1. The number of piperidine rings is 1. The monoisotopic (exact) mass is 350 g/mol. The number of rotatable bonds is 4. The fourth-order valence-corrected chi connectivity index (χ4v) is 5.50. The lowest BCUT2D eigenvalue weighted by Gasteiger charge is -2.37. The molecule has 3 rings (SSSR count). The standard InChI is InChI=1S/C18H26N2O3S/c1-13-5-3-6-14(2)20(13)24(22,23)17-11-9-16(10-12-17)19-18(21)15-7-4-8-15/h9-15H,3-8H2,1-2H3,(H,19,21)/t13-,14-/m1/s1. The molecule has 0 unspecified atom stereocenters. The molecule has 2 atom stereocenters. The molecule has 1 N–H and O–H groups in total. The summed E-state index contributed by atoms with van der Waals surface area (Å²) < 4.78 is 27.5. The van der Waals surface area contributed by atoms with Gasteiger partial charge in [0.05, 0.1) is 4.90 Å². The van der Waals surface area contributed by atoms with Crippen LogP contribution in [0.2, 0.25) is 0 Å². The van der Waals surface area contributed by atoms with Crippen molar-refractivity contribution < 1.29 is 13.2 Å². The topological polar surface area (TPSA) is 66.5 Å². The van der Waals surface area contributed by atoms with Crippen LogP contribution in [0.4, 0.5) is 5.69 Å². The summed E-state index contributed by atoms with van der Waals surface area (Å²) in [7, 11) is -3.49. The van der Waals surface area contributed by atoms with Gasteiger partial charge in [-0.1, -0.05) is 12.8 Å². The molecule has 0 radical (unpaired) electrons. The van der Waals surface area contributed by atoms with E-state index in [9.17, 15) is 13.2 Å². The van der Waals surface area contributed by atoms with Crippen molar-refractivity contribution in [1.82, 2.24) is 4.31 Å². The number of sulfonamides is 1. The Balaban J connectivity index is 1.75. The molecular weight excluding hydrogens is 324 g/mol. The first-order chi connectivity index (χ1) is 11.4. The second-order valence-electron chi connectivity index (χ2n) is 7.11. The number of nitrogens with zero attached hydrogens (tertiary/aromatic N) is 1. The van der Waals surface area contributed by atoms with Crippen molar-refractivity contribution in [3.05, 3.63) is 24.3 Å². The molecule has 1 heterocycles. The van der Waals surface area contributed by atoms with Crippen molar-refractivity contribution >= 4 is 21.6 Å². The zero-order valence-electron chi connectivity index (χ0n) is 14.4. The van der Waals surface area contributed by atoms with E-state index in [1.807, 2.05) is 13.8 Å². The minimum Gasteiger partial charge on any atom is -0.326 e. The van der Waals surface area contributed by atoms with Crippen LogP contribution in [0.5, 0.6) is 0 Å². The highest BCUT2D eigenvalue weighted by atomic mass is 32.2. The zero-order chi connectivity index (χ0) is 17.3. The van der Waals surface area contributed by atoms with Gasteiger partial charge >= 0.3 is 0 Å². The van der Waals surface area contributed by atoms with Gasteiger partial charge in [-0.15, -0.1) is 0 Å². The third-order valence-corrected chi connectivity index (χ3v) is 7.43. The van der Waals surface area contributed by atoms with Crippen molar-refractivity contribution in [2.24, 2.45) is 5.92 Å². The lowest BCUT2D eigenvalue weighted by atomic mass is 9.85. The Morgan fingerprint density at radius 2 is 1.54 bits per heavy atom. The number of hydrogen-bond donors (Lipinski definition) is 1. The minimum atomic E-state index is -3.49. The Labute approximate surface area is 144 Å². The highest BCUT2D eigenvalue weighted by Crippen LogP contribution is 2.30. The van der Waals surface area contributed by atoms with Gasteiger partial charge in [-0.2, -0.15) is 4.31 Å². The van der Waals surface area contributed by atoms with Gasteiger partial charge in [0.15, 0.2) is 0 Å². The Hall–Kier alpha value is -1.40. The van der Waals surface area contributed by atoms with E-state index in [0.717, 1.165) is 38.5 Å². The van der Waals surface area contributed by atoms with Crippen molar-refractivity contribution in [3.8, 4) is 0 Å². The smallest absolute Gasteiger partial charge is 0.243 e. The Morgan fingerprint density at radius 1 is 1.00 bits per heavy atom. The van der Waals surface area contributed by atoms with Gasteiger partial charge in [0, 0.05) is 23.7 Å². The summed E-state index contributed by atoms with van der Waals surface area (Å²) in [6.45, 7) is 3.95. The Morgan fingerprint density at radius 3 is 2.04 bits per heavy atom. The fraction of sp³-hybridized carbons (Fsp3) is 0.611. The molecule has 1 aromatic rings. The third-order valence-electron chi connectivity index (χ3n) is 5.29. The van der Waals surface area contributed by atoms with Crippen molar-refractivity contribution in [3.63, 3.8) is 0 Å². The van der Waals surface area contributed by atoms with Gasteiger partial charge in [-0.25, -0.2) is 8.42 Å². The number of hydrogen-bond acceptors (Lipinski definition) is 3. The predicted molar refractivity (Wildman–Crippen MR) is 94.2 cm³/mol. The molecule has 2 aliphatic rings. The van der Waals surface area contributed by atoms with E-state index in [2.05, 4.69) is 5.32 Å².